The maximum absolute atomic E-state index is 11.7. The summed E-state index contributed by atoms with van der Waals surface area (Å²) in [6.45, 7) is 2.62. The summed E-state index contributed by atoms with van der Waals surface area (Å²) in [6, 6.07) is 0. The summed E-state index contributed by atoms with van der Waals surface area (Å²) in [5.41, 5.74) is -0.296. The Morgan fingerprint density at radius 2 is 2.33 bits per heavy atom. The second kappa shape index (κ2) is 3.08. The molecular weight excluding hydrogens is 192 g/mol. The molecule has 1 saturated carbocycles. The minimum atomic E-state index is -0.296. The molecule has 0 aromatic carbocycles. The summed E-state index contributed by atoms with van der Waals surface area (Å²) in [7, 11) is 0. The van der Waals surface area contributed by atoms with Crippen LogP contribution in [0.4, 0.5) is 0 Å². The number of hydrogen-bond acceptors (Lipinski definition) is 3. The number of esters is 1. The second-order valence-corrected chi connectivity index (χ2v) is 4.86. The standard InChI is InChI=1S/C12H16O3/c1-8-7-12-9(4-2-3-5-14-12)6-10(12)11(13)15-8/h7,9-10H,2-6H2,1H3/t9-,10+,12-/m0/s1. The topological polar surface area (TPSA) is 35.5 Å². The van der Waals surface area contributed by atoms with E-state index in [9.17, 15) is 4.79 Å². The summed E-state index contributed by atoms with van der Waals surface area (Å²) in [5.74, 6) is 1.12. The van der Waals surface area contributed by atoms with Gasteiger partial charge in [0.05, 0.1) is 5.92 Å². The molecule has 0 N–H and O–H groups in total. The molecule has 3 rings (SSSR count). The number of ether oxygens (including phenoxy) is 2. The van der Waals surface area contributed by atoms with Crippen molar-refractivity contribution in [2.75, 3.05) is 6.61 Å². The van der Waals surface area contributed by atoms with Crippen LogP contribution in [0.15, 0.2) is 11.8 Å². The molecular formula is C12H16O3. The molecule has 82 valence electrons. The normalized spacial score (nSPS) is 44.1. The summed E-state index contributed by atoms with van der Waals surface area (Å²) in [4.78, 5) is 11.7. The van der Waals surface area contributed by atoms with E-state index < -0.39 is 0 Å². The van der Waals surface area contributed by atoms with Crippen LogP contribution in [-0.4, -0.2) is 18.2 Å². The Bertz CT molecular complexity index is 334. The summed E-state index contributed by atoms with van der Waals surface area (Å²) < 4.78 is 11.1. The SMILES string of the molecule is CC1=C[C@]23OCCCC[C@H]2C[C@@H]3C(=O)O1. The first kappa shape index (κ1) is 9.40. The molecule has 1 spiro atoms. The van der Waals surface area contributed by atoms with Crippen molar-refractivity contribution in [1.82, 2.24) is 0 Å². The minimum Gasteiger partial charge on any atom is -0.431 e. The van der Waals surface area contributed by atoms with Gasteiger partial charge in [0.2, 0.25) is 0 Å². The largest absolute Gasteiger partial charge is 0.431 e. The molecule has 0 bridgehead atoms. The van der Waals surface area contributed by atoms with Crippen LogP contribution in [0.3, 0.4) is 0 Å². The zero-order chi connectivity index (χ0) is 10.5. The molecule has 3 heteroatoms. The molecule has 0 aromatic rings. The average molecular weight is 208 g/mol. The summed E-state index contributed by atoms with van der Waals surface area (Å²) in [5, 5.41) is 0. The molecule has 15 heavy (non-hydrogen) atoms. The van der Waals surface area contributed by atoms with Gasteiger partial charge in [-0.2, -0.15) is 0 Å². The van der Waals surface area contributed by atoms with Gasteiger partial charge >= 0.3 is 5.97 Å². The van der Waals surface area contributed by atoms with E-state index in [-0.39, 0.29) is 17.5 Å². The Labute approximate surface area is 89.4 Å². The Morgan fingerprint density at radius 3 is 3.20 bits per heavy atom. The van der Waals surface area contributed by atoms with E-state index in [1.54, 1.807) is 0 Å². The monoisotopic (exact) mass is 208 g/mol. The van der Waals surface area contributed by atoms with Gasteiger partial charge < -0.3 is 9.47 Å². The zero-order valence-electron chi connectivity index (χ0n) is 8.99. The fourth-order valence-electron chi connectivity index (χ4n) is 3.20. The smallest absolute Gasteiger partial charge is 0.317 e. The van der Waals surface area contributed by atoms with Gasteiger partial charge in [-0.25, -0.2) is 0 Å². The van der Waals surface area contributed by atoms with Crippen molar-refractivity contribution in [3.8, 4) is 0 Å². The van der Waals surface area contributed by atoms with Gasteiger partial charge in [0, 0.05) is 6.61 Å². The van der Waals surface area contributed by atoms with Gasteiger partial charge in [0.25, 0.3) is 0 Å². The quantitative estimate of drug-likeness (QED) is 0.571. The van der Waals surface area contributed by atoms with E-state index in [1.807, 2.05) is 13.0 Å². The zero-order valence-corrected chi connectivity index (χ0v) is 8.99. The van der Waals surface area contributed by atoms with Gasteiger partial charge in [0.1, 0.15) is 11.4 Å². The number of allylic oxidation sites excluding steroid dienone is 1. The molecule has 0 unspecified atom stereocenters. The molecule has 2 aliphatic heterocycles. The number of carbonyl (C=O) groups is 1. The lowest BCUT2D eigenvalue weighted by Gasteiger charge is -2.53. The van der Waals surface area contributed by atoms with Crippen LogP contribution < -0.4 is 0 Å². The minimum absolute atomic E-state index is 0.0377. The lowest BCUT2D eigenvalue weighted by molar-refractivity contribution is -0.193. The van der Waals surface area contributed by atoms with E-state index in [0.29, 0.717) is 11.7 Å². The van der Waals surface area contributed by atoms with Gasteiger partial charge in [-0.3, -0.25) is 4.79 Å². The number of carbonyl (C=O) groups excluding carboxylic acids is 1. The van der Waals surface area contributed by atoms with Crippen molar-refractivity contribution in [2.24, 2.45) is 11.8 Å². The molecule has 0 aromatic heterocycles. The molecule has 2 heterocycles. The molecule has 0 amide bonds. The third kappa shape index (κ3) is 1.19. The van der Waals surface area contributed by atoms with Crippen LogP contribution in [0, 0.1) is 11.8 Å². The lowest BCUT2D eigenvalue weighted by Crippen LogP contribution is -2.60. The van der Waals surface area contributed by atoms with Crippen molar-refractivity contribution < 1.29 is 14.3 Å². The number of hydrogen-bond donors (Lipinski definition) is 0. The van der Waals surface area contributed by atoms with Gasteiger partial charge in [0.15, 0.2) is 0 Å². The van der Waals surface area contributed by atoms with Crippen LogP contribution in [0.25, 0.3) is 0 Å². The number of cyclic esters (lactones) is 1. The number of rotatable bonds is 0. The maximum atomic E-state index is 11.7. The Hall–Kier alpha value is -0.830. The van der Waals surface area contributed by atoms with Gasteiger partial charge in [-0.05, 0) is 38.2 Å². The highest BCUT2D eigenvalue weighted by atomic mass is 16.6. The predicted molar refractivity (Wildman–Crippen MR) is 54.0 cm³/mol. The first-order valence-electron chi connectivity index (χ1n) is 5.77. The lowest BCUT2D eigenvalue weighted by atomic mass is 9.58. The molecule has 3 nitrogen and oxygen atoms in total. The van der Waals surface area contributed by atoms with E-state index in [4.69, 9.17) is 9.47 Å². The highest BCUT2D eigenvalue weighted by molar-refractivity contribution is 5.78. The first-order valence-corrected chi connectivity index (χ1v) is 5.77. The first-order chi connectivity index (χ1) is 7.22. The van der Waals surface area contributed by atoms with Gasteiger partial charge in [-0.1, -0.05) is 6.42 Å². The summed E-state index contributed by atoms with van der Waals surface area (Å²) in [6.07, 6.45) is 6.52. The van der Waals surface area contributed by atoms with Crippen molar-refractivity contribution in [2.45, 2.75) is 38.2 Å². The molecule has 3 atom stereocenters. The fourth-order valence-corrected chi connectivity index (χ4v) is 3.20. The molecule has 2 fully saturated rings. The van der Waals surface area contributed by atoms with E-state index in [1.165, 1.54) is 12.8 Å². The Kier molecular flexibility index (Phi) is 1.93. The van der Waals surface area contributed by atoms with Crippen molar-refractivity contribution in [3.63, 3.8) is 0 Å². The van der Waals surface area contributed by atoms with Crippen molar-refractivity contribution in [1.29, 1.82) is 0 Å². The van der Waals surface area contributed by atoms with Crippen molar-refractivity contribution in [3.05, 3.63) is 11.8 Å². The summed E-state index contributed by atoms with van der Waals surface area (Å²) >= 11 is 0. The Balaban J connectivity index is 1.97. The molecule has 1 saturated heterocycles. The third-order valence-corrected chi connectivity index (χ3v) is 3.98. The van der Waals surface area contributed by atoms with E-state index in [0.717, 1.165) is 19.4 Å². The fraction of sp³-hybridized carbons (Fsp3) is 0.750. The molecule has 3 aliphatic rings. The van der Waals surface area contributed by atoms with E-state index >= 15 is 0 Å². The highest BCUT2D eigenvalue weighted by Crippen LogP contribution is 2.54. The van der Waals surface area contributed by atoms with Crippen LogP contribution in [0.1, 0.15) is 32.6 Å². The van der Waals surface area contributed by atoms with Crippen LogP contribution in [0.2, 0.25) is 0 Å². The Morgan fingerprint density at radius 1 is 1.47 bits per heavy atom. The molecule has 1 aliphatic carbocycles. The van der Waals surface area contributed by atoms with E-state index in [2.05, 4.69) is 0 Å². The average Bonchev–Trinajstić information content (AvgIpc) is 2.30. The van der Waals surface area contributed by atoms with Crippen LogP contribution in [0.5, 0.6) is 0 Å². The van der Waals surface area contributed by atoms with Gasteiger partial charge in [-0.15, -0.1) is 0 Å². The third-order valence-electron chi connectivity index (χ3n) is 3.98. The van der Waals surface area contributed by atoms with Crippen LogP contribution in [-0.2, 0) is 14.3 Å². The highest BCUT2D eigenvalue weighted by Gasteiger charge is 2.60. The second-order valence-electron chi connectivity index (χ2n) is 4.86. The predicted octanol–water partition coefficient (Wildman–Crippen LogP) is 2.02. The van der Waals surface area contributed by atoms with Crippen LogP contribution >= 0.6 is 0 Å². The maximum Gasteiger partial charge on any atom is 0.317 e. The molecule has 0 radical (unpaired) electrons. The van der Waals surface area contributed by atoms with Crippen molar-refractivity contribution >= 4 is 5.97 Å².